The smallest absolute Gasteiger partial charge is 0.202 e. The molecule has 1 N–H and O–H groups in total. The fourth-order valence-electron chi connectivity index (χ4n) is 5.11. The van der Waals surface area contributed by atoms with E-state index in [4.69, 9.17) is 23.4 Å². The Hall–Kier alpha value is -2.77. The Balaban J connectivity index is 2.23. The van der Waals surface area contributed by atoms with Crippen molar-refractivity contribution in [2.24, 2.45) is 17.8 Å². The SMILES string of the molecule is CCCC(C)/C=C/C=C/[C@H](OC)[C@@H](C)[C@@H](OC)[C@@H](C)CCc1oc2c(O)c(OC)cc(OC)c2c(=O)c1C. The van der Waals surface area contributed by atoms with E-state index in [1.807, 2.05) is 0 Å². The molecule has 0 bridgehead atoms. The highest BCUT2D eigenvalue weighted by Crippen LogP contribution is 2.40. The molecule has 5 atom stereocenters. The van der Waals surface area contributed by atoms with Crippen molar-refractivity contribution in [3.8, 4) is 17.2 Å². The number of ether oxygens (including phenoxy) is 4. The van der Waals surface area contributed by atoms with E-state index in [2.05, 4.69) is 52.0 Å². The number of phenols is 1. The minimum atomic E-state index is -0.230. The summed E-state index contributed by atoms with van der Waals surface area (Å²) in [6.45, 7) is 10.4. The van der Waals surface area contributed by atoms with Gasteiger partial charge in [-0.15, -0.1) is 0 Å². The fourth-order valence-corrected chi connectivity index (χ4v) is 5.11. The lowest BCUT2D eigenvalue weighted by molar-refractivity contribution is -0.0343. The first-order chi connectivity index (χ1) is 18.1. The van der Waals surface area contributed by atoms with Crippen molar-refractivity contribution < 1.29 is 28.5 Å². The highest BCUT2D eigenvalue weighted by molar-refractivity contribution is 5.91. The molecule has 1 heterocycles. The molecule has 0 aliphatic rings. The Morgan fingerprint density at radius 1 is 0.974 bits per heavy atom. The van der Waals surface area contributed by atoms with Crippen LogP contribution in [0.15, 0.2) is 39.6 Å². The molecule has 0 aliphatic carbocycles. The second-order valence-corrected chi connectivity index (χ2v) is 10.1. The van der Waals surface area contributed by atoms with E-state index in [0.717, 1.165) is 0 Å². The number of allylic oxidation sites excluding steroid dienone is 3. The van der Waals surface area contributed by atoms with Crippen molar-refractivity contribution in [2.75, 3.05) is 28.4 Å². The topological polar surface area (TPSA) is 87.4 Å². The van der Waals surface area contributed by atoms with Crippen molar-refractivity contribution in [3.05, 3.63) is 51.9 Å². The highest BCUT2D eigenvalue weighted by Gasteiger charge is 2.29. The lowest BCUT2D eigenvalue weighted by Gasteiger charge is -2.32. The number of fused-ring (bicyclic) bond motifs is 1. The number of hydrogen-bond acceptors (Lipinski definition) is 7. The summed E-state index contributed by atoms with van der Waals surface area (Å²) in [6.07, 6.45) is 11.8. The molecular formula is C31H46O7. The molecule has 0 spiro atoms. The maximum atomic E-state index is 13.2. The number of hydrogen-bond donors (Lipinski definition) is 1. The third kappa shape index (κ3) is 7.41. The molecule has 212 valence electrons. The van der Waals surface area contributed by atoms with E-state index < -0.39 is 0 Å². The van der Waals surface area contributed by atoms with Gasteiger partial charge in [0.15, 0.2) is 16.8 Å². The van der Waals surface area contributed by atoms with E-state index in [1.54, 1.807) is 21.1 Å². The first-order valence-electron chi connectivity index (χ1n) is 13.5. The summed E-state index contributed by atoms with van der Waals surface area (Å²) >= 11 is 0. The predicted molar refractivity (Wildman–Crippen MR) is 153 cm³/mol. The van der Waals surface area contributed by atoms with Gasteiger partial charge in [0.1, 0.15) is 16.9 Å². The first-order valence-corrected chi connectivity index (χ1v) is 13.5. The van der Waals surface area contributed by atoms with Gasteiger partial charge in [-0.1, -0.05) is 58.4 Å². The van der Waals surface area contributed by atoms with Crippen LogP contribution in [0, 0.1) is 24.7 Å². The Labute approximate surface area is 227 Å². The van der Waals surface area contributed by atoms with Crippen molar-refractivity contribution in [1.82, 2.24) is 0 Å². The van der Waals surface area contributed by atoms with Crippen LogP contribution in [0.5, 0.6) is 17.2 Å². The molecule has 7 heteroatoms. The van der Waals surface area contributed by atoms with Gasteiger partial charge in [0, 0.05) is 38.2 Å². The first kappa shape index (κ1) is 31.4. The Morgan fingerprint density at radius 3 is 2.21 bits per heavy atom. The normalized spacial score (nSPS) is 16.1. The summed E-state index contributed by atoms with van der Waals surface area (Å²) in [6, 6.07) is 1.49. The Morgan fingerprint density at radius 2 is 1.63 bits per heavy atom. The second-order valence-electron chi connectivity index (χ2n) is 10.1. The van der Waals surface area contributed by atoms with Crippen LogP contribution in [0.4, 0.5) is 0 Å². The van der Waals surface area contributed by atoms with Gasteiger partial charge < -0.3 is 28.5 Å². The summed E-state index contributed by atoms with van der Waals surface area (Å²) in [5.41, 5.74) is 0.338. The molecule has 0 radical (unpaired) electrons. The summed E-state index contributed by atoms with van der Waals surface area (Å²) < 4.78 is 28.4. The van der Waals surface area contributed by atoms with Crippen LogP contribution in [0.2, 0.25) is 0 Å². The molecule has 0 amide bonds. The molecule has 0 saturated heterocycles. The molecule has 2 rings (SSSR count). The van der Waals surface area contributed by atoms with Gasteiger partial charge in [0.25, 0.3) is 0 Å². The van der Waals surface area contributed by atoms with Crippen LogP contribution in [0.25, 0.3) is 11.0 Å². The maximum Gasteiger partial charge on any atom is 0.202 e. The molecule has 1 aromatic carbocycles. The zero-order valence-corrected chi connectivity index (χ0v) is 24.5. The number of rotatable bonds is 15. The number of methoxy groups -OCH3 is 4. The van der Waals surface area contributed by atoms with Gasteiger partial charge >= 0.3 is 0 Å². The summed E-state index contributed by atoms with van der Waals surface area (Å²) in [7, 11) is 6.34. The van der Waals surface area contributed by atoms with Gasteiger partial charge in [0.2, 0.25) is 5.75 Å². The van der Waals surface area contributed by atoms with E-state index in [-0.39, 0.29) is 51.9 Å². The zero-order chi connectivity index (χ0) is 28.4. The van der Waals surface area contributed by atoms with Crippen LogP contribution in [0.3, 0.4) is 0 Å². The minimum absolute atomic E-state index is 0.0713. The number of aryl methyl sites for hydroxylation is 1. The quantitative estimate of drug-likeness (QED) is 0.259. The molecule has 0 fully saturated rings. The zero-order valence-electron chi connectivity index (χ0n) is 24.5. The van der Waals surface area contributed by atoms with Crippen molar-refractivity contribution in [2.45, 2.75) is 72.5 Å². The largest absolute Gasteiger partial charge is 0.502 e. The minimum Gasteiger partial charge on any atom is -0.502 e. The van der Waals surface area contributed by atoms with Crippen molar-refractivity contribution in [3.63, 3.8) is 0 Å². The fraction of sp³-hybridized carbons (Fsp3) is 0.581. The molecule has 1 aromatic heterocycles. The Bertz CT molecular complexity index is 1150. The average molecular weight is 531 g/mol. The molecule has 1 unspecified atom stereocenters. The second kappa shape index (κ2) is 15.0. The van der Waals surface area contributed by atoms with E-state index in [9.17, 15) is 9.90 Å². The third-order valence-corrected chi connectivity index (χ3v) is 7.40. The third-order valence-electron chi connectivity index (χ3n) is 7.40. The number of aromatic hydroxyl groups is 1. The van der Waals surface area contributed by atoms with Gasteiger partial charge in [-0.3, -0.25) is 4.79 Å². The van der Waals surface area contributed by atoms with Gasteiger partial charge in [0.05, 0.1) is 26.4 Å². The summed E-state index contributed by atoms with van der Waals surface area (Å²) in [5.74, 6) is 1.59. The maximum absolute atomic E-state index is 13.2. The lowest BCUT2D eigenvalue weighted by atomic mass is 9.85. The molecule has 7 nitrogen and oxygen atoms in total. The van der Waals surface area contributed by atoms with Crippen LogP contribution in [-0.2, 0) is 15.9 Å². The van der Waals surface area contributed by atoms with Crippen LogP contribution < -0.4 is 14.9 Å². The molecule has 38 heavy (non-hydrogen) atoms. The molecule has 0 aliphatic heterocycles. The van der Waals surface area contributed by atoms with Gasteiger partial charge in [-0.2, -0.15) is 0 Å². The van der Waals surface area contributed by atoms with Crippen molar-refractivity contribution >= 4 is 11.0 Å². The lowest BCUT2D eigenvalue weighted by Crippen LogP contribution is -2.36. The van der Waals surface area contributed by atoms with E-state index in [1.165, 1.54) is 33.1 Å². The standard InChI is InChI=1S/C31H46O7/c1-10-13-19(2)14-11-12-15-23(34-6)22(5)30(37-9)20(3)16-17-24-21(4)28(32)27-25(35-7)18-26(36-8)29(33)31(27)38-24/h11-12,14-15,18-20,22-23,30,33H,10,13,16-17H2,1-9H3/b14-11+,15-12+/t19?,20-,22+,23-,30-/m0/s1. The van der Waals surface area contributed by atoms with Gasteiger partial charge in [-0.25, -0.2) is 0 Å². The highest BCUT2D eigenvalue weighted by atomic mass is 16.5. The predicted octanol–water partition coefficient (Wildman–Crippen LogP) is 6.61. The van der Waals surface area contributed by atoms with Crippen molar-refractivity contribution in [1.29, 1.82) is 0 Å². The van der Waals surface area contributed by atoms with Gasteiger partial charge in [-0.05, 0) is 31.6 Å². The van der Waals surface area contributed by atoms with E-state index >= 15 is 0 Å². The number of phenolic OH excluding ortho intramolecular Hbond substituents is 1. The molecule has 2 aromatic rings. The summed E-state index contributed by atoms with van der Waals surface area (Å²) in [5, 5.41) is 10.9. The van der Waals surface area contributed by atoms with E-state index in [0.29, 0.717) is 35.8 Å². The molecular weight excluding hydrogens is 484 g/mol. The summed E-state index contributed by atoms with van der Waals surface area (Å²) in [4.78, 5) is 13.2. The van der Waals surface area contributed by atoms with Crippen LogP contribution in [-0.4, -0.2) is 45.8 Å². The monoisotopic (exact) mass is 530 g/mol. The van der Waals surface area contributed by atoms with Crippen LogP contribution >= 0.6 is 0 Å². The Kier molecular flexibility index (Phi) is 12.4. The average Bonchev–Trinajstić information content (AvgIpc) is 2.90. The van der Waals surface area contributed by atoms with Crippen LogP contribution in [0.1, 0.15) is 58.3 Å². The molecule has 0 saturated carbocycles. The number of benzene rings is 1.